The van der Waals surface area contributed by atoms with Crippen LogP contribution < -0.4 is 24.1 Å². The standard InChI is InChI=1S/C4H4O.ClH.H4N2/c1-2-4-5-3-1;;1-2/h1-4H;1H;1-2H2/p-1. The quantitative estimate of drug-likeness (QED) is 0.296. The molecule has 1 heterocycles. The van der Waals surface area contributed by atoms with E-state index in [-0.39, 0.29) is 12.4 Å². The average Bonchev–Trinajstić information content (AvgIpc) is 2.23. The molecule has 0 atom stereocenters. The van der Waals surface area contributed by atoms with Crippen LogP contribution in [-0.2, 0) is 0 Å². The van der Waals surface area contributed by atoms with Crippen molar-refractivity contribution in [3.63, 3.8) is 0 Å². The lowest BCUT2D eigenvalue weighted by Crippen LogP contribution is -3.00. The van der Waals surface area contributed by atoms with Gasteiger partial charge in [-0.15, -0.1) is 0 Å². The third-order valence-corrected chi connectivity index (χ3v) is 0.425. The van der Waals surface area contributed by atoms with E-state index in [1.165, 1.54) is 0 Å². The van der Waals surface area contributed by atoms with Gasteiger partial charge >= 0.3 is 0 Å². The van der Waals surface area contributed by atoms with E-state index in [1.54, 1.807) is 12.5 Å². The van der Waals surface area contributed by atoms with E-state index >= 15 is 0 Å². The van der Waals surface area contributed by atoms with Crippen molar-refractivity contribution in [2.24, 2.45) is 11.7 Å². The maximum atomic E-state index is 4.58. The maximum absolute atomic E-state index is 4.58. The first kappa shape index (κ1) is 10.5. The summed E-state index contributed by atoms with van der Waals surface area (Å²) < 4.78 is 4.58. The van der Waals surface area contributed by atoms with Gasteiger partial charge in [0.15, 0.2) is 0 Å². The van der Waals surface area contributed by atoms with E-state index in [4.69, 9.17) is 0 Å². The van der Waals surface area contributed by atoms with Crippen molar-refractivity contribution in [1.29, 1.82) is 0 Å². The topological polar surface area (TPSA) is 65.2 Å². The van der Waals surface area contributed by atoms with Crippen LogP contribution in [0.1, 0.15) is 0 Å². The smallest absolute Gasteiger partial charge is 0.0902 e. The monoisotopic (exact) mass is 135 g/mol. The first-order valence-electron chi connectivity index (χ1n) is 1.80. The lowest BCUT2D eigenvalue weighted by Gasteiger charge is -1.50. The summed E-state index contributed by atoms with van der Waals surface area (Å²) in [5.41, 5.74) is 0. The molecule has 4 N–H and O–H groups in total. The predicted molar refractivity (Wildman–Crippen MR) is 27.1 cm³/mol. The molecule has 48 valence electrons. The molecule has 0 spiro atoms. The molecule has 3 nitrogen and oxygen atoms in total. The molecule has 0 saturated heterocycles. The zero-order chi connectivity index (χ0) is 5.54. The third kappa shape index (κ3) is 5.49. The fourth-order valence-corrected chi connectivity index (χ4v) is 0.227. The van der Waals surface area contributed by atoms with Crippen LogP contribution in [0.25, 0.3) is 0 Å². The number of hydrogen-bond donors (Lipinski definition) is 2. The Balaban J connectivity index is 0. The fourth-order valence-electron chi connectivity index (χ4n) is 0.227. The first-order chi connectivity index (χ1) is 3.50. The molecule has 1 aromatic heterocycles. The average molecular weight is 136 g/mol. The Morgan fingerprint density at radius 1 is 1.00 bits per heavy atom. The van der Waals surface area contributed by atoms with Crippen LogP contribution in [-0.4, -0.2) is 0 Å². The second kappa shape index (κ2) is 9.70. The predicted octanol–water partition coefficient (Wildman–Crippen LogP) is -2.90. The Morgan fingerprint density at radius 3 is 1.50 bits per heavy atom. The summed E-state index contributed by atoms with van der Waals surface area (Å²) in [6.45, 7) is 0. The van der Waals surface area contributed by atoms with Crippen molar-refractivity contribution in [2.45, 2.75) is 0 Å². The summed E-state index contributed by atoms with van der Waals surface area (Å²) in [6, 6.07) is 3.67. The molecule has 0 aromatic carbocycles. The van der Waals surface area contributed by atoms with Gasteiger partial charge < -0.3 is 16.8 Å². The van der Waals surface area contributed by atoms with Crippen LogP contribution in [0.15, 0.2) is 29.1 Å². The molecule has 0 saturated carbocycles. The number of halogens is 1. The van der Waals surface area contributed by atoms with Gasteiger partial charge in [-0.1, -0.05) is 0 Å². The Kier molecular flexibility index (Phi) is 12.7. The highest BCUT2D eigenvalue weighted by atomic mass is 35.5. The number of nitrogens with two attached hydrogens (primary N) is 2. The van der Waals surface area contributed by atoms with Crippen molar-refractivity contribution in [3.8, 4) is 0 Å². The van der Waals surface area contributed by atoms with Crippen LogP contribution in [0.3, 0.4) is 0 Å². The molecule has 1 aromatic rings. The molecule has 0 fully saturated rings. The van der Waals surface area contributed by atoms with Crippen molar-refractivity contribution in [3.05, 3.63) is 24.7 Å². The zero-order valence-corrected chi connectivity index (χ0v) is 5.01. The van der Waals surface area contributed by atoms with Gasteiger partial charge in [0.25, 0.3) is 0 Å². The second-order valence-corrected chi connectivity index (χ2v) is 0.793. The second-order valence-electron chi connectivity index (χ2n) is 0.793. The van der Waals surface area contributed by atoms with Gasteiger partial charge in [0.2, 0.25) is 0 Å². The van der Waals surface area contributed by atoms with Gasteiger partial charge in [-0.3, -0.25) is 11.7 Å². The van der Waals surface area contributed by atoms with Crippen molar-refractivity contribution >= 4 is 0 Å². The van der Waals surface area contributed by atoms with Crippen molar-refractivity contribution in [2.75, 3.05) is 0 Å². The van der Waals surface area contributed by atoms with Gasteiger partial charge in [0, 0.05) is 0 Å². The number of rotatable bonds is 0. The van der Waals surface area contributed by atoms with E-state index < -0.39 is 0 Å². The largest absolute Gasteiger partial charge is 1.00 e. The highest BCUT2D eigenvalue weighted by Gasteiger charge is 1.58. The van der Waals surface area contributed by atoms with Crippen LogP contribution in [0.2, 0.25) is 0 Å². The lowest BCUT2D eigenvalue weighted by atomic mass is 10.7. The molecular formula is C4H8ClN2O-. The molecule has 8 heavy (non-hydrogen) atoms. The summed E-state index contributed by atoms with van der Waals surface area (Å²) in [6.07, 6.45) is 3.25. The third-order valence-electron chi connectivity index (χ3n) is 0.425. The number of hydrogen-bond acceptors (Lipinski definition) is 3. The Bertz CT molecular complexity index is 70.5. The summed E-state index contributed by atoms with van der Waals surface area (Å²) >= 11 is 0. The van der Waals surface area contributed by atoms with E-state index in [2.05, 4.69) is 16.1 Å². The molecule has 4 heteroatoms. The molecular weight excluding hydrogens is 128 g/mol. The molecule has 0 radical (unpaired) electrons. The van der Waals surface area contributed by atoms with Crippen LogP contribution in [0.4, 0.5) is 0 Å². The normalized spacial score (nSPS) is 5.75. The Morgan fingerprint density at radius 2 is 1.38 bits per heavy atom. The van der Waals surface area contributed by atoms with Crippen LogP contribution in [0.5, 0.6) is 0 Å². The minimum absolute atomic E-state index is 0. The van der Waals surface area contributed by atoms with E-state index in [1.807, 2.05) is 12.1 Å². The Labute approximate surface area is 54.0 Å². The first-order valence-corrected chi connectivity index (χ1v) is 1.80. The molecule has 0 aliphatic rings. The summed E-state index contributed by atoms with van der Waals surface area (Å²) in [5.74, 6) is 8.00. The highest BCUT2D eigenvalue weighted by Crippen LogP contribution is 1.79. The molecule has 0 bridgehead atoms. The van der Waals surface area contributed by atoms with Crippen LogP contribution >= 0.6 is 0 Å². The maximum Gasteiger partial charge on any atom is 0.0902 e. The summed E-state index contributed by atoms with van der Waals surface area (Å²) in [5, 5.41) is 0. The summed E-state index contributed by atoms with van der Waals surface area (Å²) in [7, 11) is 0. The van der Waals surface area contributed by atoms with Gasteiger partial charge in [0.1, 0.15) is 0 Å². The SMILES string of the molecule is NN.[Cl-].c1ccoc1. The minimum atomic E-state index is 0. The van der Waals surface area contributed by atoms with E-state index in [0.29, 0.717) is 0 Å². The van der Waals surface area contributed by atoms with Gasteiger partial charge in [-0.2, -0.15) is 0 Å². The van der Waals surface area contributed by atoms with E-state index in [9.17, 15) is 0 Å². The number of hydrazine groups is 1. The lowest BCUT2D eigenvalue weighted by molar-refractivity contribution is -0.00000202. The van der Waals surface area contributed by atoms with Crippen LogP contribution in [0, 0.1) is 0 Å². The zero-order valence-electron chi connectivity index (χ0n) is 4.25. The molecule has 0 amide bonds. The van der Waals surface area contributed by atoms with Gasteiger partial charge in [-0.25, -0.2) is 0 Å². The highest BCUT2D eigenvalue weighted by molar-refractivity contribution is 4.79. The van der Waals surface area contributed by atoms with E-state index in [0.717, 1.165) is 0 Å². The van der Waals surface area contributed by atoms with Gasteiger partial charge in [0.05, 0.1) is 12.5 Å². The summed E-state index contributed by atoms with van der Waals surface area (Å²) in [4.78, 5) is 0. The van der Waals surface area contributed by atoms with Crippen molar-refractivity contribution < 1.29 is 16.8 Å². The fraction of sp³-hybridized carbons (Fsp3) is 0. The minimum Gasteiger partial charge on any atom is -1.00 e. The Hall–Kier alpha value is -0.510. The molecule has 0 aliphatic carbocycles. The number of furan rings is 1. The van der Waals surface area contributed by atoms with Crippen molar-refractivity contribution in [1.82, 2.24) is 0 Å². The molecule has 1 rings (SSSR count). The van der Waals surface area contributed by atoms with Gasteiger partial charge in [-0.05, 0) is 12.1 Å². The molecule has 0 aliphatic heterocycles. The molecule has 0 unspecified atom stereocenters.